The largest absolute Gasteiger partial charge is 0.494 e. The Labute approximate surface area is 63.6 Å². The Bertz CT molecular complexity index is 228. The van der Waals surface area contributed by atoms with Crippen molar-refractivity contribution >= 4 is 0 Å². The number of rotatable bonds is 2. The molecule has 0 aromatic heterocycles. The molecular weight excluding hydrogens is 150 g/mol. The van der Waals surface area contributed by atoms with Gasteiger partial charge in [0.2, 0.25) is 0 Å². The Morgan fingerprint density at radius 3 is 2.36 bits per heavy atom. The van der Waals surface area contributed by atoms with Crippen LogP contribution in [0.3, 0.4) is 0 Å². The van der Waals surface area contributed by atoms with Gasteiger partial charge in [0.25, 0.3) is 0 Å². The molecule has 0 amide bonds. The van der Waals surface area contributed by atoms with Crippen LogP contribution in [-0.4, -0.2) is 6.61 Å². The molecule has 59 valence electrons. The molecule has 1 rings (SSSR count). The fraction of sp³-hybridized carbons (Fsp3) is 0.250. The maximum absolute atomic E-state index is 12.4. The van der Waals surface area contributed by atoms with Crippen LogP contribution >= 0.6 is 0 Å². The van der Waals surface area contributed by atoms with Crippen LogP contribution in [0.1, 0.15) is 6.92 Å². The maximum Gasteiger partial charge on any atom is 0.137 e. The van der Waals surface area contributed by atoms with E-state index in [0.29, 0.717) is 6.61 Å². The van der Waals surface area contributed by atoms with E-state index < -0.39 is 11.6 Å². The molecule has 0 aliphatic rings. The van der Waals surface area contributed by atoms with E-state index in [-0.39, 0.29) is 5.75 Å². The van der Waals surface area contributed by atoms with E-state index in [4.69, 9.17) is 4.74 Å². The molecule has 11 heavy (non-hydrogen) atoms. The second kappa shape index (κ2) is 3.32. The molecule has 1 nitrogen and oxygen atoms in total. The first-order valence-electron chi connectivity index (χ1n) is 3.23. The zero-order valence-electron chi connectivity index (χ0n) is 6.03. The Morgan fingerprint density at radius 1 is 1.36 bits per heavy atom. The summed E-state index contributed by atoms with van der Waals surface area (Å²) in [5.74, 6) is -1.29. The molecule has 0 unspecified atom stereocenters. The second-order valence-electron chi connectivity index (χ2n) is 1.94. The molecule has 0 spiro atoms. The Balaban J connectivity index is 2.89. The molecule has 0 saturated heterocycles. The van der Waals surface area contributed by atoms with E-state index in [1.807, 2.05) is 6.07 Å². The fourth-order valence-electron chi connectivity index (χ4n) is 0.728. The predicted octanol–water partition coefficient (Wildman–Crippen LogP) is 2.16. The SMILES string of the molecule is CCOc1cc(F)[c]c(F)c1. The summed E-state index contributed by atoms with van der Waals surface area (Å²) in [6.45, 7) is 2.13. The first kappa shape index (κ1) is 7.98. The van der Waals surface area contributed by atoms with Crippen molar-refractivity contribution in [3.8, 4) is 5.75 Å². The maximum atomic E-state index is 12.4. The van der Waals surface area contributed by atoms with Crippen molar-refractivity contribution in [1.82, 2.24) is 0 Å². The molecule has 0 bridgehead atoms. The number of ether oxygens (including phenoxy) is 1. The zero-order valence-corrected chi connectivity index (χ0v) is 6.03. The molecule has 0 fully saturated rings. The van der Waals surface area contributed by atoms with Crippen LogP contribution in [0.4, 0.5) is 8.78 Å². The summed E-state index contributed by atoms with van der Waals surface area (Å²) in [5.41, 5.74) is 0. The van der Waals surface area contributed by atoms with E-state index in [1.165, 1.54) is 0 Å². The van der Waals surface area contributed by atoms with Gasteiger partial charge in [-0.3, -0.25) is 0 Å². The molecule has 0 saturated carbocycles. The van der Waals surface area contributed by atoms with Crippen molar-refractivity contribution in [2.75, 3.05) is 6.61 Å². The summed E-state index contributed by atoms with van der Waals surface area (Å²) in [4.78, 5) is 0. The minimum Gasteiger partial charge on any atom is -0.494 e. The van der Waals surface area contributed by atoms with E-state index in [1.54, 1.807) is 6.92 Å². The Kier molecular flexibility index (Phi) is 2.41. The van der Waals surface area contributed by atoms with Crippen LogP contribution in [0, 0.1) is 17.7 Å². The topological polar surface area (TPSA) is 9.23 Å². The van der Waals surface area contributed by atoms with Gasteiger partial charge in [-0.1, -0.05) is 0 Å². The molecule has 0 atom stereocenters. The molecule has 0 N–H and O–H groups in total. The highest BCUT2D eigenvalue weighted by atomic mass is 19.1. The van der Waals surface area contributed by atoms with Crippen molar-refractivity contribution < 1.29 is 13.5 Å². The summed E-state index contributed by atoms with van der Waals surface area (Å²) in [6.07, 6.45) is 0. The van der Waals surface area contributed by atoms with E-state index in [2.05, 4.69) is 0 Å². The van der Waals surface area contributed by atoms with Gasteiger partial charge in [-0.2, -0.15) is 0 Å². The van der Waals surface area contributed by atoms with Gasteiger partial charge in [-0.25, -0.2) is 8.78 Å². The highest BCUT2D eigenvalue weighted by molar-refractivity contribution is 5.22. The molecule has 1 radical (unpaired) electrons. The number of hydrogen-bond donors (Lipinski definition) is 0. The van der Waals surface area contributed by atoms with Crippen molar-refractivity contribution in [3.63, 3.8) is 0 Å². The third-order valence-electron chi connectivity index (χ3n) is 1.09. The molecule has 1 aromatic rings. The van der Waals surface area contributed by atoms with Crippen molar-refractivity contribution in [3.05, 3.63) is 29.8 Å². The summed E-state index contributed by atoms with van der Waals surface area (Å²) in [7, 11) is 0. The minimum absolute atomic E-state index is 0.196. The Hall–Kier alpha value is -1.12. The van der Waals surface area contributed by atoms with Crippen LogP contribution in [0.2, 0.25) is 0 Å². The summed E-state index contributed by atoms with van der Waals surface area (Å²) >= 11 is 0. The normalized spacial score (nSPS) is 9.73. The molecule has 0 aliphatic carbocycles. The third kappa shape index (κ3) is 2.18. The second-order valence-corrected chi connectivity index (χ2v) is 1.94. The fourth-order valence-corrected chi connectivity index (χ4v) is 0.728. The minimum atomic E-state index is -0.742. The molecule has 3 heteroatoms. The standard InChI is InChI=1S/C8H7F2O/c1-2-11-8-4-6(9)3-7(10)5-8/h4-5H,2H2,1H3. The van der Waals surface area contributed by atoms with Gasteiger partial charge in [-0.05, 0) is 6.92 Å². The summed E-state index contributed by atoms with van der Waals surface area (Å²) in [6, 6.07) is 4.04. The van der Waals surface area contributed by atoms with Crippen molar-refractivity contribution in [2.24, 2.45) is 0 Å². The lowest BCUT2D eigenvalue weighted by Crippen LogP contribution is -1.92. The monoisotopic (exact) mass is 157 g/mol. The van der Waals surface area contributed by atoms with Crippen LogP contribution in [0.25, 0.3) is 0 Å². The highest BCUT2D eigenvalue weighted by Gasteiger charge is 2.00. The number of halogens is 2. The predicted molar refractivity (Wildman–Crippen MR) is 36.4 cm³/mol. The van der Waals surface area contributed by atoms with Gasteiger partial charge in [0, 0.05) is 12.1 Å². The van der Waals surface area contributed by atoms with Gasteiger partial charge >= 0.3 is 0 Å². The van der Waals surface area contributed by atoms with Crippen LogP contribution < -0.4 is 4.74 Å². The van der Waals surface area contributed by atoms with Crippen molar-refractivity contribution in [1.29, 1.82) is 0 Å². The smallest absolute Gasteiger partial charge is 0.137 e. The van der Waals surface area contributed by atoms with Gasteiger partial charge in [0.05, 0.1) is 12.7 Å². The van der Waals surface area contributed by atoms with Gasteiger partial charge < -0.3 is 4.74 Å². The van der Waals surface area contributed by atoms with Crippen LogP contribution in [0.15, 0.2) is 12.1 Å². The average molecular weight is 157 g/mol. The quantitative estimate of drug-likeness (QED) is 0.639. The Morgan fingerprint density at radius 2 is 1.91 bits per heavy atom. The van der Waals surface area contributed by atoms with E-state index in [9.17, 15) is 8.78 Å². The average Bonchev–Trinajstić information content (AvgIpc) is 1.85. The summed E-state index contributed by atoms with van der Waals surface area (Å²) in [5, 5.41) is 0. The van der Waals surface area contributed by atoms with Crippen LogP contribution in [0.5, 0.6) is 5.75 Å². The molecule has 1 aromatic carbocycles. The van der Waals surface area contributed by atoms with Gasteiger partial charge in [0.15, 0.2) is 0 Å². The van der Waals surface area contributed by atoms with Gasteiger partial charge in [-0.15, -0.1) is 0 Å². The van der Waals surface area contributed by atoms with Crippen LogP contribution in [-0.2, 0) is 0 Å². The van der Waals surface area contributed by atoms with E-state index >= 15 is 0 Å². The van der Waals surface area contributed by atoms with E-state index in [0.717, 1.165) is 12.1 Å². The van der Waals surface area contributed by atoms with Crippen molar-refractivity contribution in [2.45, 2.75) is 6.92 Å². The first-order valence-corrected chi connectivity index (χ1v) is 3.23. The first-order chi connectivity index (χ1) is 5.22. The van der Waals surface area contributed by atoms with Gasteiger partial charge in [0.1, 0.15) is 17.4 Å². The lowest BCUT2D eigenvalue weighted by atomic mass is 10.3. The molecule has 0 heterocycles. The lowest BCUT2D eigenvalue weighted by Gasteiger charge is -2.01. The number of benzene rings is 1. The third-order valence-corrected chi connectivity index (χ3v) is 1.09. The molecular formula is C8H7F2O. The highest BCUT2D eigenvalue weighted by Crippen LogP contribution is 2.14. The summed E-state index contributed by atoms with van der Waals surface area (Å²) < 4.78 is 29.6. The lowest BCUT2D eigenvalue weighted by molar-refractivity contribution is 0.335. The molecule has 0 aliphatic heterocycles. The number of hydrogen-bond acceptors (Lipinski definition) is 1. The zero-order chi connectivity index (χ0) is 8.27.